The second-order valence-corrected chi connectivity index (χ2v) is 7.82. The minimum atomic E-state index is -0.576. The Balaban J connectivity index is 2.63. The molecule has 0 bridgehead atoms. The van der Waals surface area contributed by atoms with Crippen molar-refractivity contribution in [1.29, 1.82) is 0 Å². The lowest BCUT2D eigenvalue weighted by atomic mass is 9.99. The molecule has 0 aromatic heterocycles. The highest BCUT2D eigenvalue weighted by Gasteiger charge is 2.11. The first-order valence-electron chi connectivity index (χ1n) is 11.7. The number of rotatable bonds is 16. The average molecular weight is 391 g/mol. The number of unbranched alkanes of at least 4 members (excludes halogenated alkanes) is 9. The van der Waals surface area contributed by atoms with Crippen LogP contribution in [0.25, 0.3) is 0 Å². The Morgan fingerprint density at radius 2 is 1.36 bits per heavy atom. The van der Waals surface area contributed by atoms with Gasteiger partial charge >= 0.3 is 6.16 Å². The van der Waals surface area contributed by atoms with Crippen LogP contribution in [0.5, 0.6) is 5.75 Å². The number of hydrogen-bond donors (Lipinski definition) is 0. The minimum Gasteiger partial charge on any atom is -0.434 e. The first-order valence-corrected chi connectivity index (χ1v) is 11.7. The molecular weight excluding hydrogens is 348 g/mol. The van der Waals surface area contributed by atoms with Crippen molar-refractivity contribution in [3.63, 3.8) is 0 Å². The Morgan fingerprint density at radius 1 is 0.750 bits per heavy atom. The maximum Gasteiger partial charge on any atom is 0.513 e. The third kappa shape index (κ3) is 11.4. The van der Waals surface area contributed by atoms with E-state index in [-0.39, 0.29) is 0 Å². The van der Waals surface area contributed by atoms with Crippen molar-refractivity contribution in [1.82, 2.24) is 0 Å². The monoisotopic (exact) mass is 390 g/mol. The highest BCUT2D eigenvalue weighted by Crippen LogP contribution is 2.24. The predicted molar refractivity (Wildman–Crippen MR) is 118 cm³/mol. The van der Waals surface area contributed by atoms with E-state index in [9.17, 15) is 4.79 Å². The molecule has 0 aliphatic rings. The van der Waals surface area contributed by atoms with E-state index in [0.717, 1.165) is 37.7 Å². The molecule has 1 aromatic rings. The van der Waals surface area contributed by atoms with Gasteiger partial charge in [0.15, 0.2) is 0 Å². The lowest BCUT2D eigenvalue weighted by Crippen LogP contribution is -2.12. The Labute approximate surface area is 173 Å². The number of benzene rings is 1. The third-order valence-corrected chi connectivity index (χ3v) is 5.15. The number of carbonyl (C=O) groups excluding carboxylic acids is 1. The van der Waals surface area contributed by atoms with Crippen molar-refractivity contribution in [2.75, 3.05) is 6.61 Å². The molecule has 0 unspecified atom stereocenters. The zero-order valence-electron chi connectivity index (χ0n) is 18.6. The van der Waals surface area contributed by atoms with Gasteiger partial charge in [-0.2, -0.15) is 0 Å². The molecule has 0 radical (unpaired) electrons. The molecular formula is C25H42O3. The van der Waals surface area contributed by atoms with Gasteiger partial charge in [-0.15, -0.1) is 0 Å². The molecule has 0 N–H and O–H groups in total. The first kappa shape index (κ1) is 24.5. The van der Waals surface area contributed by atoms with Crippen LogP contribution in [0.2, 0.25) is 0 Å². The molecule has 28 heavy (non-hydrogen) atoms. The summed E-state index contributed by atoms with van der Waals surface area (Å²) in [5, 5.41) is 0. The van der Waals surface area contributed by atoms with Crippen molar-refractivity contribution < 1.29 is 14.3 Å². The van der Waals surface area contributed by atoms with Gasteiger partial charge in [0, 0.05) is 0 Å². The van der Waals surface area contributed by atoms with E-state index >= 15 is 0 Å². The summed E-state index contributed by atoms with van der Waals surface area (Å²) in [6.45, 7) is 6.99. The fraction of sp³-hybridized carbons (Fsp3) is 0.720. The number of aryl methyl sites for hydroxylation is 2. The van der Waals surface area contributed by atoms with Crippen LogP contribution in [0, 0.1) is 0 Å². The second-order valence-electron chi connectivity index (χ2n) is 7.82. The maximum absolute atomic E-state index is 12.0. The van der Waals surface area contributed by atoms with Crippen LogP contribution < -0.4 is 4.74 Å². The van der Waals surface area contributed by atoms with Gasteiger partial charge in [-0.1, -0.05) is 90.7 Å². The van der Waals surface area contributed by atoms with Crippen molar-refractivity contribution >= 4 is 6.16 Å². The quantitative estimate of drug-likeness (QED) is 0.163. The summed E-state index contributed by atoms with van der Waals surface area (Å²) in [7, 11) is 0. The summed E-state index contributed by atoms with van der Waals surface area (Å²) < 4.78 is 10.7. The summed E-state index contributed by atoms with van der Waals surface area (Å²) in [5.41, 5.74) is 2.50. The molecule has 0 atom stereocenters. The van der Waals surface area contributed by atoms with Gasteiger partial charge in [0.1, 0.15) is 5.75 Å². The fourth-order valence-corrected chi connectivity index (χ4v) is 3.35. The summed E-state index contributed by atoms with van der Waals surface area (Å²) in [6, 6.07) is 6.31. The van der Waals surface area contributed by atoms with Crippen molar-refractivity contribution in [2.45, 2.75) is 111 Å². The topological polar surface area (TPSA) is 35.5 Å². The van der Waals surface area contributed by atoms with Gasteiger partial charge in [-0.25, -0.2) is 4.79 Å². The van der Waals surface area contributed by atoms with Crippen LogP contribution in [0.1, 0.15) is 109 Å². The van der Waals surface area contributed by atoms with E-state index in [1.165, 1.54) is 63.4 Å². The van der Waals surface area contributed by atoms with Crippen molar-refractivity contribution in [2.24, 2.45) is 0 Å². The largest absolute Gasteiger partial charge is 0.513 e. The number of carbonyl (C=O) groups is 1. The van der Waals surface area contributed by atoms with Crippen molar-refractivity contribution in [3.8, 4) is 5.75 Å². The third-order valence-electron chi connectivity index (χ3n) is 5.15. The normalized spacial score (nSPS) is 10.8. The molecule has 0 saturated heterocycles. The van der Waals surface area contributed by atoms with Crippen LogP contribution in [0.3, 0.4) is 0 Å². The van der Waals surface area contributed by atoms with E-state index in [1.54, 1.807) is 0 Å². The van der Waals surface area contributed by atoms with E-state index in [2.05, 4.69) is 32.9 Å². The Hall–Kier alpha value is -1.51. The SMILES string of the molecule is CCCCCCCc1ccc(OC(=O)OCCCC)c(CCCCCCC)c1. The zero-order valence-corrected chi connectivity index (χ0v) is 18.6. The van der Waals surface area contributed by atoms with E-state index in [1.807, 2.05) is 6.07 Å². The molecule has 0 aliphatic carbocycles. The van der Waals surface area contributed by atoms with Gasteiger partial charge < -0.3 is 9.47 Å². The highest BCUT2D eigenvalue weighted by atomic mass is 16.7. The molecule has 0 saturated carbocycles. The summed E-state index contributed by atoms with van der Waals surface area (Å²) in [4.78, 5) is 12.0. The van der Waals surface area contributed by atoms with Crippen LogP contribution in [-0.4, -0.2) is 12.8 Å². The molecule has 3 heteroatoms. The van der Waals surface area contributed by atoms with Crippen LogP contribution in [0.4, 0.5) is 4.79 Å². The van der Waals surface area contributed by atoms with E-state index in [0.29, 0.717) is 12.4 Å². The molecule has 3 nitrogen and oxygen atoms in total. The zero-order chi connectivity index (χ0) is 20.5. The van der Waals surface area contributed by atoms with E-state index < -0.39 is 6.16 Å². The molecule has 0 heterocycles. The minimum absolute atomic E-state index is 0.428. The van der Waals surface area contributed by atoms with Gasteiger partial charge in [-0.05, 0) is 49.3 Å². The van der Waals surface area contributed by atoms with Crippen LogP contribution in [-0.2, 0) is 17.6 Å². The summed E-state index contributed by atoms with van der Waals surface area (Å²) >= 11 is 0. The molecule has 0 aliphatic heterocycles. The Kier molecular flexibility index (Phi) is 14.4. The van der Waals surface area contributed by atoms with Crippen molar-refractivity contribution in [3.05, 3.63) is 29.3 Å². The smallest absolute Gasteiger partial charge is 0.434 e. The molecule has 0 fully saturated rings. The summed E-state index contributed by atoms with van der Waals surface area (Å²) in [5.74, 6) is 0.673. The first-order chi connectivity index (χ1) is 13.7. The van der Waals surface area contributed by atoms with Gasteiger partial charge in [0.25, 0.3) is 0 Å². The lowest BCUT2D eigenvalue weighted by molar-refractivity contribution is 0.0974. The van der Waals surface area contributed by atoms with Crippen LogP contribution >= 0.6 is 0 Å². The molecule has 160 valence electrons. The second kappa shape index (κ2) is 16.4. The van der Waals surface area contributed by atoms with Gasteiger partial charge in [0.2, 0.25) is 0 Å². The predicted octanol–water partition coefficient (Wildman–Crippen LogP) is 8.03. The average Bonchev–Trinajstić information content (AvgIpc) is 2.69. The standard InChI is InChI=1S/C25H42O3/c1-4-7-10-12-14-16-22-18-19-24(28-25(26)27-20-9-6-3)23(21-22)17-15-13-11-8-5-2/h18-19,21H,4-17,20H2,1-3H3. The maximum atomic E-state index is 12.0. The molecule has 0 amide bonds. The van der Waals surface area contributed by atoms with Crippen LogP contribution in [0.15, 0.2) is 18.2 Å². The summed E-state index contributed by atoms with van der Waals surface area (Å²) in [6.07, 6.45) is 16.0. The molecule has 0 spiro atoms. The molecule has 1 rings (SSSR count). The highest BCUT2D eigenvalue weighted by molar-refractivity contribution is 5.64. The lowest BCUT2D eigenvalue weighted by Gasteiger charge is -2.12. The van der Waals surface area contributed by atoms with E-state index in [4.69, 9.17) is 9.47 Å². The molecule has 1 aromatic carbocycles. The van der Waals surface area contributed by atoms with Gasteiger partial charge in [0.05, 0.1) is 6.61 Å². The van der Waals surface area contributed by atoms with Gasteiger partial charge in [-0.3, -0.25) is 0 Å². The number of hydrogen-bond acceptors (Lipinski definition) is 3. The fourth-order valence-electron chi connectivity index (χ4n) is 3.35. The Morgan fingerprint density at radius 3 is 2.00 bits per heavy atom. The number of ether oxygens (including phenoxy) is 2. The Bertz CT molecular complexity index is 525.